The molecular formula is C16H24FN. The molecule has 18 heavy (non-hydrogen) atoms. The predicted octanol–water partition coefficient (Wildman–Crippen LogP) is 4.05. The van der Waals surface area contributed by atoms with E-state index in [2.05, 4.69) is 32.7 Å². The van der Waals surface area contributed by atoms with Crippen molar-refractivity contribution in [1.82, 2.24) is 5.32 Å². The minimum absolute atomic E-state index is 0.102. The topological polar surface area (TPSA) is 12.0 Å². The van der Waals surface area contributed by atoms with Crippen molar-refractivity contribution in [2.24, 2.45) is 0 Å². The van der Waals surface area contributed by atoms with E-state index >= 15 is 0 Å². The third kappa shape index (κ3) is 3.42. The van der Waals surface area contributed by atoms with Gasteiger partial charge in [-0.05, 0) is 37.6 Å². The van der Waals surface area contributed by atoms with E-state index in [4.69, 9.17) is 0 Å². The molecule has 100 valence electrons. The molecule has 0 radical (unpaired) electrons. The molecule has 0 aliphatic heterocycles. The largest absolute Gasteiger partial charge is 0.309 e. The van der Waals surface area contributed by atoms with Crippen LogP contribution in [-0.4, -0.2) is 12.6 Å². The Kier molecular flexibility index (Phi) is 5.09. The third-order valence-corrected chi connectivity index (χ3v) is 3.40. The van der Waals surface area contributed by atoms with Gasteiger partial charge in [0.2, 0.25) is 0 Å². The molecule has 1 unspecified atom stereocenters. The van der Waals surface area contributed by atoms with Gasteiger partial charge in [-0.15, -0.1) is 0 Å². The molecule has 1 N–H and O–H groups in total. The van der Waals surface area contributed by atoms with Crippen LogP contribution in [0.5, 0.6) is 0 Å². The van der Waals surface area contributed by atoms with Crippen LogP contribution in [-0.2, 0) is 5.41 Å². The van der Waals surface area contributed by atoms with E-state index < -0.39 is 0 Å². The second-order valence-electron chi connectivity index (χ2n) is 5.46. The first-order valence-corrected chi connectivity index (χ1v) is 6.54. The first-order chi connectivity index (χ1) is 8.39. The Labute approximate surface area is 110 Å². The number of hydrogen-bond donors (Lipinski definition) is 1. The highest BCUT2D eigenvalue weighted by molar-refractivity contribution is 5.30. The molecule has 2 heteroatoms. The fourth-order valence-corrected chi connectivity index (χ4v) is 2.38. The summed E-state index contributed by atoms with van der Waals surface area (Å²) in [6, 6.07) is 6.96. The first-order valence-electron chi connectivity index (χ1n) is 6.54. The summed E-state index contributed by atoms with van der Waals surface area (Å²) in [5, 5.41) is 3.53. The van der Waals surface area contributed by atoms with Crippen LogP contribution >= 0.6 is 0 Å². The second-order valence-corrected chi connectivity index (χ2v) is 5.46. The minimum atomic E-state index is -0.192. The molecule has 1 aromatic rings. The van der Waals surface area contributed by atoms with E-state index in [1.807, 2.05) is 19.1 Å². The van der Waals surface area contributed by atoms with Crippen LogP contribution < -0.4 is 5.32 Å². The molecular weight excluding hydrogens is 225 g/mol. The lowest BCUT2D eigenvalue weighted by atomic mass is 9.75. The summed E-state index contributed by atoms with van der Waals surface area (Å²) >= 11 is 0. The first kappa shape index (κ1) is 14.9. The van der Waals surface area contributed by atoms with Crippen LogP contribution in [0.1, 0.15) is 39.7 Å². The Balaban J connectivity index is 3.00. The summed E-state index contributed by atoms with van der Waals surface area (Å²) in [7, 11) is 0. The second kappa shape index (κ2) is 6.14. The van der Waals surface area contributed by atoms with Gasteiger partial charge in [0.15, 0.2) is 0 Å². The molecule has 1 rings (SSSR count). The number of rotatable bonds is 6. The number of hydrogen-bond acceptors (Lipinski definition) is 1. The van der Waals surface area contributed by atoms with Crippen molar-refractivity contribution in [2.75, 3.05) is 6.54 Å². The van der Waals surface area contributed by atoms with Gasteiger partial charge >= 0.3 is 0 Å². The van der Waals surface area contributed by atoms with Gasteiger partial charge in [0, 0.05) is 11.5 Å². The molecule has 0 spiro atoms. The number of nitrogens with one attached hydrogen (secondary N) is 1. The van der Waals surface area contributed by atoms with Gasteiger partial charge in [-0.3, -0.25) is 0 Å². The van der Waals surface area contributed by atoms with Crippen LogP contribution in [0.3, 0.4) is 0 Å². The highest BCUT2D eigenvalue weighted by atomic mass is 19.1. The quantitative estimate of drug-likeness (QED) is 0.750. The molecule has 0 heterocycles. The maximum absolute atomic E-state index is 13.0. The normalized spacial score (nSPS) is 13.4. The van der Waals surface area contributed by atoms with Crippen molar-refractivity contribution in [3.8, 4) is 0 Å². The molecule has 0 aliphatic rings. The zero-order valence-electron chi connectivity index (χ0n) is 11.9. The molecule has 0 saturated carbocycles. The molecule has 0 aliphatic carbocycles. The molecule has 0 fully saturated rings. The Hall–Kier alpha value is -1.15. The highest BCUT2D eigenvalue weighted by Gasteiger charge is 2.31. The zero-order valence-corrected chi connectivity index (χ0v) is 11.9. The van der Waals surface area contributed by atoms with E-state index in [1.54, 1.807) is 0 Å². The molecule has 1 aromatic carbocycles. The van der Waals surface area contributed by atoms with Gasteiger partial charge in [0.25, 0.3) is 0 Å². The SMILES string of the molecule is C=C(C)C(NCCC)C(C)(C)c1ccc(F)cc1. The van der Waals surface area contributed by atoms with Crippen LogP contribution in [0, 0.1) is 5.82 Å². The van der Waals surface area contributed by atoms with Crippen LogP contribution in [0.2, 0.25) is 0 Å². The number of halogens is 1. The van der Waals surface area contributed by atoms with Crippen LogP contribution in [0.25, 0.3) is 0 Å². The van der Waals surface area contributed by atoms with Gasteiger partial charge in [-0.2, -0.15) is 0 Å². The molecule has 0 bridgehead atoms. The number of benzene rings is 1. The molecule has 1 nitrogen and oxygen atoms in total. The maximum Gasteiger partial charge on any atom is 0.123 e. The van der Waals surface area contributed by atoms with Crippen molar-refractivity contribution in [1.29, 1.82) is 0 Å². The summed E-state index contributed by atoms with van der Waals surface area (Å²) in [6.07, 6.45) is 1.09. The summed E-state index contributed by atoms with van der Waals surface area (Å²) in [4.78, 5) is 0. The van der Waals surface area contributed by atoms with Gasteiger partial charge < -0.3 is 5.32 Å². The monoisotopic (exact) mass is 249 g/mol. The van der Waals surface area contributed by atoms with Crippen LogP contribution in [0.4, 0.5) is 4.39 Å². The van der Waals surface area contributed by atoms with E-state index in [0.29, 0.717) is 0 Å². The third-order valence-electron chi connectivity index (χ3n) is 3.40. The molecule has 0 amide bonds. The van der Waals surface area contributed by atoms with Crippen molar-refractivity contribution in [3.63, 3.8) is 0 Å². The van der Waals surface area contributed by atoms with E-state index in [1.165, 1.54) is 12.1 Å². The average molecular weight is 249 g/mol. The summed E-state index contributed by atoms with van der Waals surface area (Å²) in [5.41, 5.74) is 2.13. The van der Waals surface area contributed by atoms with Gasteiger partial charge in [0.1, 0.15) is 5.82 Å². The van der Waals surface area contributed by atoms with Crippen molar-refractivity contribution in [3.05, 3.63) is 47.8 Å². The summed E-state index contributed by atoms with van der Waals surface area (Å²) < 4.78 is 13.0. The van der Waals surface area contributed by atoms with Crippen molar-refractivity contribution < 1.29 is 4.39 Å². The fourth-order valence-electron chi connectivity index (χ4n) is 2.38. The lowest BCUT2D eigenvalue weighted by Crippen LogP contribution is -2.45. The maximum atomic E-state index is 13.0. The molecule has 1 atom stereocenters. The predicted molar refractivity (Wildman–Crippen MR) is 76.3 cm³/mol. The van der Waals surface area contributed by atoms with Crippen molar-refractivity contribution in [2.45, 2.75) is 45.6 Å². The van der Waals surface area contributed by atoms with Crippen molar-refractivity contribution >= 4 is 0 Å². The average Bonchev–Trinajstić information content (AvgIpc) is 2.29. The highest BCUT2D eigenvalue weighted by Crippen LogP contribution is 2.30. The smallest absolute Gasteiger partial charge is 0.123 e. The standard InChI is InChI=1S/C16H24FN/c1-6-11-18-15(12(2)3)16(4,5)13-7-9-14(17)10-8-13/h7-10,15,18H,2,6,11H2,1,3-5H3. The lowest BCUT2D eigenvalue weighted by Gasteiger charge is -2.36. The zero-order chi connectivity index (χ0) is 13.8. The van der Waals surface area contributed by atoms with Gasteiger partial charge in [-0.25, -0.2) is 4.39 Å². The Morgan fingerprint density at radius 1 is 1.33 bits per heavy atom. The molecule has 0 saturated heterocycles. The van der Waals surface area contributed by atoms with E-state index in [-0.39, 0.29) is 17.3 Å². The van der Waals surface area contributed by atoms with E-state index in [9.17, 15) is 4.39 Å². The van der Waals surface area contributed by atoms with Gasteiger partial charge in [-0.1, -0.05) is 45.1 Å². The van der Waals surface area contributed by atoms with Gasteiger partial charge in [0.05, 0.1) is 0 Å². The Morgan fingerprint density at radius 3 is 2.33 bits per heavy atom. The van der Waals surface area contributed by atoms with E-state index in [0.717, 1.165) is 24.1 Å². The Bertz CT molecular complexity index is 392. The summed E-state index contributed by atoms with van der Waals surface area (Å²) in [6.45, 7) is 13.6. The molecule has 0 aromatic heterocycles. The van der Waals surface area contributed by atoms with Crippen LogP contribution in [0.15, 0.2) is 36.4 Å². The lowest BCUT2D eigenvalue weighted by molar-refractivity contribution is 0.379. The fraction of sp³-hybridized carbons (Fsp3) is 0.500. The minimum Gasteiger partial charge on any atom is -0.309 e. The Morgan fingerprint density at radius 2 is 1.89 bits per heavy atom. The summed E-state index contributed by atoms with van der Waals surface area (Å²) in [5.74, 6) is -0.192.